The maximum absolute atomic E-state index is 5.75. The molecule has 2 atom stereocenters. The van der Waals surface area contributed by atoms with Crippen LogP contribution in [0, 0.1) is 5.92 Å². The summed E-state index contributed by atoms with van der Waals surface area (Å²) in [5.74, 6) is 2.40. The molecule has 1 heterocycles. The van der Waals surface area contributed by atoms with Crippen molar-refractivity contribution in [3.63, 3.8) is 0 Å². The van der Waals surface area contributed by atoms with Gasteiger partial charge in [-0.15, -0.1) is 0 Å². The highest BCUT2D eigenvalue weighted by Gasteiger charge is 2.18. The van der Waals surface area contributed by atoms with E-state index in [4.69, 9.17) is 9.47 Å². The summed E-state index contributed by atoms with van der Waals surface area (Å²) < 4.78 is 11.4. The Balaban J connectivity index is 2.09. The molecule has 0 amide bonds. The highest BCUT2D eigenvalue weighted by molar-refractivity contribution is 9.09. The molecule has 0 radical (unpaired) electrons. The summed E-state index contributed by atoms with van der Waals surface area (Å²) in [6, 6.07) is 6.31. The first-order valence-corrected chi connectivity index (χ1v) is 8.17. The van der Waals surface area contributed by atoms with Gasteiger partial charge in [0, 0.05) is 11.2 Å². The molecule has 0 N–H and O–H groups in total. The van der Waals surface area contributed by atoms with E-state index in [1.54, 1.807) is 0 Å². The van der Waals surface area contributed by atoms with Crippen LogP contribution in [0.15, 0.2) is 18.2 Å². The van der Waals surface area contributed by atoms with Gasteiger partial charge in [0.15, 0.2) is 11.5 Å². The zero-order valence-corrected chi connectivity index (χ0v) is 13.4. The Morgan fingerprint density at radius 3 is 2.68 bits per heavy atom. The lowest BCUT2D eigenvalue weighted by molar-refractivity contribution is 0.297. The second kappa shape index (κ2) is 7.18. The van der Waals surface area contributed by atoms with Crippen molar-refractivity contribution in [1.29, 1.82) is 0 Å². The van der Waals surface area contributed by atoms with E-state index in [2.05, 4.69) is 41.9 Å². The van der Waals surface area contributed by atoms with Gasteiger partial charge in [0.2, 0.25) is 0 Å². The molecule has 106 valence electrons. The number of rotatable bonds is 5. The molecule has 3 heteroatoms. The molecular formula is C16H23BrO2. The largest absolute Gasteiger partial charge is 0.490 e. The van der Waals surface area contributed by atoms with E-state index in [0.29, 0.717) is 10.7 Å². The standard InChI is InChI=1S/C16H23BrO2/c1-3-4-6-12(2)16(17)13-7-8-14-15(11-13)19-10-5-9-18-14/h7-8,11-12,16H,3-6,9-10H2,1-2H3. The van der Waals surface area contributed by atoms with Crippen LogP contribution < -0.4 is 9.47 Å². The predicted octanol–water partition coefficient (Wildman–Crippen LogP) is 5.11. The fourth-order valence-corrected chi connectivity index (χ4v) is 2.90. The average Bonchev–Trinajstić information content (AvgIpc) is 2.68. The smallest absolute Gasteiger partial charge is 0.161 e. The van der Waals surface area contributed by atoms with Crippen molar-refractivity contribution in [3.8, 4) is 11.5 Å². The van der Waals surface area contributed by atoms with Crippen LogP contribution in [-0.2, 0) is 0 Å². The van der Waals surface area contributed by atoms with E-state index in [1.807, 2.05) is 6.07 Å². The van der Waals surface area contributed by atoms with Crippen LogP contribution >= 0.6 is 15.9 Å². The second-order valence-electron chi connectivity index (χ2n) is 5.28. The van der Waals surface area contributed by atoms with Gasteiger partial charge >= 0.3 is 0 Å². The fraction of sp³-hybridized carbons (Fsp3) is 0.625. The normalized spacial score (nSPS) is 17.6. The first kappa shape index (κ1) is 14.7. The fourth-order valence-electron chi connectivity index (χ4n) is 2.35. The summed E-state index contributed by atoms with van der Waals surface area (Å²) in [6.07, 6.45) is 4.74. The van der Waals surface area contributed by atoms with Gasteiger partial charge in [0.25, 0.3) is 0 Å². The molecule has 0 aromatic heterocycles. The SMILES string of the molecule is CCCCC(C)C(Br)c1ccc2c(c1)OCCCO2. The van der Waals surface area contributed by atoms with Crippen LogP contribution in [0.25, 0.3) is 0 Å². The molecular weight excluding hydrogens is 304 g/mol. The first-order chi connectivity index (χ1) is 9.22. The van der Waals surface area contributed by atoms with Crippen molar-refractivity contribution in [2.24, 2.45) is 5.92 Å². The Morgan fingerprint density at radius 2 is 1.95 bits per heavy atom. The van der Waals surface area contributed by atoms with Gasteiger partial charge in [0.1, 0.15) is 0 Å². The van der Waals surface area contributed by atoms with Gasteiger partial charge in [-0.2, -0.15) is 0 Å². The Bertz CT molecular complexity index is 406. The van der Waals surface area contributed by atoms with Crippen molar-refractivity contribution in [2.75, 3.05) is 13.2 Å². The number of fused-ring (bicyclic) bond motifs is 1. The molecule has 2 rings (SSSR count). The number of ether oxygens (including phenoxy) is 2. The van der Waals surface area contributed by atoms with E-state index < -0.39 is 0 Å². The summed E-state index contributed by atoms with van der Waals surface area (Å²) >= 11 is 3.83. The maximum atomic E-state index is 5.75. The predicted molar refractivity (Wildman–Crippen MR) is 82.4 cm³/mol. The van der Waals surface area contributed by atoms with Crippen molar-refractivity contribution in [2.45, 2.75) is 44.4 Å². The minimum atomic E-state index is 0.385. The van der Waals surface area contributed by atoms with Crippen LogP contribution in [0.1, 0.15) is 49.9 Å². The van der Waals surface area contributed by atoms with Crippen LogP contribution in [-0.4, -0.2) is 13.2 Å². The Hall–Kier alpha value is -0.700. The minimum absolute atomic E-state index is 0.385. The Kier molecular flexibility index (Phi) is 5.56. The van der Waals surface area contributed by atoms with Gasteiger partial charge < -0.3 is 9.47 Å². The monoisotopic (exact) mass is 326 g/mol. The van der Waals surface area contributed by atoms with E-state index in [1.165, 1.54) is 24.8 Å². The second-order valence-corrected chi connectivity index (χ2v) is 6.26. The number of hydrogen-bond donors (Lipinski definition) is 0. The van der Waals surface area contributed by atoms with Gasteiger partial charge in [-0.25, -0.2) is 0 Å². The summed E-state index contributed by atoms with van der Waals surface area (Å²) in [6.45, 7) is 6.04. The molecule has 2 nitrogen and oxygen atoms in total. The lowest BCUT2D eigenvalue weighted by Crippen LogP contribution is -2.04. The van der Waals surface area contributed by atoms with E-state index in [-0.39, 0.29) is 0 Å². The third-order valence-corrected chi connectivity index (χ3v) is 5.03. The molecule has 1 aromatic rings. The number of halogens is 1. The van der Waals surface area contributed by atoms with Crippen LogP contribution in [0.3, 0.4) is 0 Å². The molecule has 0 bridgehead atoms. The molecule has 0 fully saturated rings. The minimum Gasteiger partial charge on any atom is -0.490 e. The lowest BCUT2D eigenvalue weighted by Gasteiger charge is -2.19. The van der Waals surface area contributed by atoms with Crippen molar-refractivity contribution < 1.29 is 9.47 Å². The molecule has 0 saturated heterocycles. The van der Waals surface area contributed by atoms with Gasteiger partial charge in [-0.05, 0) is 30.0 Å². The zero-order valence-electron chi connectivity index (χ0n) is 11.8. The van der Waals surface area contributed by atoms with Gasteiger partial charge in [-0.3, -0.25) is 0 Å². The molecule has 0 aliphatic carbocycles. The maximum Gasteiger partial charge on any atom is 0.161 e. The number of alkyl halides is 1. The van der Waals surface area contributed by atoms with Crippen LogP contribution in [0.2, 0.25) is 0 Å². The third-order valence-electron chi connectivity index (χ3n) is 3.60. The highest BCUT2D eigenvalue weighted by Crippen LogP contribution is 2.39. The topological polar surface area (TPSA) is 18.5 Å². The first-order valence-electron chi connectivity index (χ1n) is 7.26. The summed E-state index contributed by atoms with van der Waals surface area (Å²) in [5, 5.41) is 0. The number of unbranched alkanes of at least 4 members (excludes halogenated alkanes) is 1. The number of hydrogen-bond acceptors (Lipinski definition) is 2. The van der Waals surface area contributed by atoms with Gasteiger partial charge in [-0.1, -0.05) is 48.7 Å². The van der Waals surface area contributed by atoms with Gasteiger partial charge in [0.05, 0.1) is 13.2 Å². The lowest BCUT2D eigenvalue weighted by atomic mass is 9.95. The van der Waals surface area contributed by atoms with E-state index in [0.717, 1.165) is 31.1 Å². The molecule has 0 saturated carbocycles. The molecule has 1 aliphatic rings. The van der Waals surface area contributed by atoms with Crippen molar-refractivity contribution in [1.82, 2.24) is 0 Å². The molecule has 2 unspecified atom stereocenters. The van der Waals surface area contributed by atoms with Crippen LogP contribution in [0.5, 0.6) is 11.5 Å². The Morgan fingerprint density at radius 1 is 1.21 bits per heavy atom. The molecule has 1 aromatic carbocycles. The molecule has 1 aliphatic heterocycles. The zero-order chi connectivity index (χ0) is 13.7. The average molecular weight is 327 g/mol. The summed E-state index contributed by atoms with van der Waals surface area (Å²) in [5.41, 5.74) is 1.29. The highest BCUT2D eigenvalue weighted by atomic mass is 79.9. The summed E-state index contributed by atoms with van der Waals surface area (Å²) in [7, 11) is 0. The van der Waals surface area contributed by atoms with Crippen LogP contribution in [0.4, 0.5) is 0 Å². The number of benzene rings is 1. The Labute approximate surface area is 124 Å². The van der Waals surface area contributed by atoms with E-state index >= 15 is 0 Å². The molecule has 19 heavy (non-hydrogen) atoms. The summed E-state index contributed by atoms with van der Waals surface area (Å²) in [4.78, 5) is 0.385. The quantitative estimate of drug-likeness (QED) is 0.700. The molecule has 0 spiro atoms. The van der Waals surface area contributed by atoms with Crippen molar-refractivity contribution >= 4 is 15.9 Å². The van der Waals surface area contributed by atoms with E-state index in [9.17, 15) is 0 Å². The third kappa shape index (κ3) is 3.88. The van der Waals surface area contributed by atoms with Crippen molar-refractivity contribution in [3.05, 3.63) is 23.8 Å².